The van der Waals surface area contributed by atoms with E-state index in [9.17, 15) is 13.6 Å². The predicted octanol–water partition coefficient (Wildman–Crippen LogP) is 3.87. The first kappa shape index (κ1) is 14.9. The van der Waals surface area contributed by atoms with Crippen LogP contribution in [0.4, 0.5) is 8.78 Å². The molecule has 0 aliphatic heterocycles. The Morgan fingerprint density at radius 2 is 2.00 bits per heavy atom. The minimum Gasteiger partial charge on any atom is -0.481 e. The van der Waals surface area contributed by atoms with Crippen LogP contribution < -0.4 is 4.74 Å². The molecule has 1 N–H and O–H groups in total. The average molecular weight is 323 g/mol. The van der Waals surface area contributed by atoms with Crippen molar-refractivity contribution in [1.29, 1.82) is 0 Å². The summed E-state index contributed by atoms with van der Waals surface area (Å²) in [6, 6.07) is 4.32. The molecule has 0 aliphatic carbocycles. The van der Waals surface area contributed by atoms with Crippen molar-refractivity contribution in [3.8, 4) is 5.75 Å². The van der Waals surface area contributed by atoms with Crippen LogP contribution >= 0.6 is 15.9 Å². The van der Waals surface area contributed by atoms with Gasteiger partial charge in [-0.2, -0.15) is 8.78 Å². The number of carbonyl (C=O) groups is 1. The van der Waals surface area contributed by atoms with Crippen molar-refractivity contribution in [1.82, 2.24) is 0 Å². The van der Waals surface area contributed by atoms with E-state index in [0.29, 0.717) is 10.0 Å². The molecule has 1 unspecified atom stereocenters. The maximum absolute atomic E-state index is 12.1. The number of rotatable bonds is 5. The fourth-order valence-electron chi connectivity index (χ4n) is 1.71. The van der Waals surface area contributed by atoms with Crippen LogP contribution in [0.5, 0.6) is 5.75 Å². The minimum atomic E-state index is -2.91. The van der Waals surface area contributed by atoms with Crippen LogP contribution in [0.1, 0.15) is 25.3 Å². The molecule has 0 saturated heterocycles. The van der Waals surface area contributed by atoms with Gasteiger partial charge in [-0.05, 0) is 39.5 Å². The Labute approximate surface area is 112 Å². The molecule has 0 bridgehead atoms. The molecule has 0 aromatic heterocycles. The fourth-order valence-corrected chi connectivity index (χ4v) is 2.20. The number of ether oxygens (including phenoxy) is 1. The SMILES string of the molecule is CC(C)C(C(=O)O)c1ccc(OC(F)F)c(Br)c1. The van der Waals surface area contributed by atoms with Gasteiger partial charge in [-0.15, -0.1) is 0 Å². The molecule has 0 amide bonds. The topological polar surface area (TPSA) is 46.5 Å². The number of carboxylic acid groups (broad SMARTS) is 1. The van der Waals surface area contributed by atoms with Crippen LogP contribution in [0.15, 0.2) is 22.7 Å². The Bertz CT molecular complexity index is 435. The van der Waals surface area contributed by atoms with Gasteiger partial charge in [0.25, 0.3) is 0 Å². The van der Waals surface area contributed by atoms with Crippen molar-refractivity contribution in [3.63, 3.8) is 0 Å². The van der Waals surface area contributed by atoms with Gasteiger partial charge in [0.1, 0.15) is 5.75 Å². The van der Waals surface area contributed by atoms with Gasteiger partial charge >= 0.3 is 12.6 Å². The zero-order chi connectivity index (χ0) is 13.9. The van der Waals surface area contributed by atoms with Gasteiger partial charge in [-0.3, -0.25) is 4.79 Å². The second kappa shape index (κ2) is 6.13. The van der Waals surface area contributed by atoms with E-state index in [1.165, 1.54) is 18.2 Å². The highest BCUT2D eigenvalue weighted by atomic mass is 79.9. The highest BCUT2D eigenvalue weighted by Gasteiger charge is 2.24. The quantitative estimate of drug-likeness (QED) is 0.895. The van der Waals surface area contributed by atoms with Crippen LogP contribution in [0.25, 0.3) is 0 Å². The first-order chi connectivity index (χ1) is 8.32. The van der Waals surface area contributed by atoms with Crippen LogP contribution in [-0.2, 0) is 4.79 Å². The zero-order valence-electron chi connectivity index (χ0n) is 9.86. The summed E-state index contributed by atoms with van der Waals surface area (Å²) in [4.78, 5) is 11.1. The smallest absolute Gasteiger partial charge is 0.387 e. The third-order valence-electron chi connectivity index (χ3n) is 2.46. The Hall–Kier alpha value is -1.17. The summed E-state index contributed by atoms with van der Waals surface area (Å²) >= 11 is 3.09. The molecule has 3 nitrogen and oxygen atoms in total. The molecule has 100 valence electrons. The lowest BCUT2D eigenvalue weighted by atomic mass is 9.88. The second-order valence-corrected chi connectivity index (χ2v) is 4.98. The van der Waals surface area contributed by atoms with Gasteiger partial charge in [0.2, 0.25) is 0 Å². The monoisotopic (exact) mass is 322 g/mol. The van der Waals surface area contributed by atoms with Crippen molar-refractivity contribution in [2.24, 2.45) is 5.92 Å². The van der Waals surface area contributed by atoms with Crippen LogP contribution in [0.2, 0.25) is 0 Å². The van der Waals surface area contributed by atoms with Crippen molar-refractivity contribution in [2.45, 2.75) is 26.4 Å². The molecule has 1 aromatic rings. The molecule has 0 saturated carbocycles. The third-order valence-corrected chi connectivity index (χ3v) is 3.08. The summed E-state index contributed by atoms with van der Waals surface area (Å²) in [5.41, 5.74) is 0.547. The number of aliphatic carboxylic acids is 1. The van der Waals surface area contributed by atoms with E-state index in [2.05, 4.69) is 20.7 Å². The summed E-state index contributed by atoms with van der Waals surface area (Å²) in [6.45, 7) is 0.666. The van der Waals surface area contributed by atoms with Gasteiger partial charge in [0, 0.05) is 0 Å². The van der Waals surface area contributed by atoms with Gasteiger partial charge in [-0.25, -0.2) is 0 Å². The summed E-state index contributed by atoms with van der Waals surface area (Å²) in [5.74, 6) is -1.74. The fraction of sp³-hybridized carbons (Fsp3) is 0.417. The molecule has 0 fully saturated rings. The van der Waals surface area contributed by atoms with Crippen LogP contribution in [-0.4, -0.2) is 17.7 Å². The molecule has 0 radical (unpaired) electrons. The molecule has 1 aromatic carbocycles. The standard InChI is InChI=1S/C12H13BrF2O3/c1-6(2)10(11(16)17)7-3-4-9(8(13)5-7)18-12(14)15/h3-6,10,12H,1-2H3,(H,16,17). The lowest BCUT2D eigenvalue weighted by Crippen LogP contribution is -2.17. The molecule has 0 heterocycles. The first-order valence-corrected chi connectivity index (χ1v) is 6.09. The van der Waals surface area contributed by atoms with Gasteiger partial charge in [0.05, 0.1) is 10.4 Å². The van der Waals surface area contributed by atoms with Gasteiger partial charge in [-0.1, -0.05) is 19.9 Å². The summed E-state index contributed by atoms with van der Waals surface area (Å²) < 4.78 is 28.7. The van der Waals surface area contributed by atoms with Crippen molar-refractivity contribution in [2.75, 3.05) is 0 Å². The van der Waals surface area contributed by atoms with E-state index in [4.69, 9.17) is 5.11 Å². The Balaban J connectivity index is 3.05. The normalized spacial score (nSPS) is 12.8. The molecule has 0 aliphatic rings. The number of hydrogen-bond donors (Lipinski definition) is 1. The maximum atomic E-state index is 12.1. The van der Waals surface area contributed by atoms with Crippen LogP contribution in [0.3, 0.4) is 0 Å². The molecule has 1 atom stereocenters. The average Bonchev–Trinajstić information content (AvgIpc) is 2.20. The van der Waals surface area contributed by atoms with E-state index in [1.807, 2.05) is 0 Å². The van der Waals surface area contributed by atoms with E-state index >= 15 is 0 Å². The molecular weight excluding hydrogens is 310 g/mol. The maximum Gasteiger partial charge on any atom is 0.387 e. The zero-order valence-corrected chi connectivity index (χ0v) is 11.4. The van der Waals surface area contributed by atoms with Crippen molar-refractivity contribution < 1.29 is 23.4 Å². The first-order valence-electron chi connectivity index (χ1n) is 5.30. The highest BCUT2D eigenvalue weighted by molar-refractivity contribution is 9.10. The van der Waals surface area contributed by atoms with Crippen molar-refractivity contribution >= 4 is 21.9 Å². The predicted molar refractivity (Wildman–Crippen MR) is 66.0 cm³/mol. The largest absolute Gasteiger partial charge is 0.481 e. The third kappa shape index (κ3) is 3.66. The van der Waals surface area contributed by atoms with Crippen molar-refractivity contribution in [3.05, 3.63) is 28.2 Å². The highest BCUT2D eigenvalue weighted by Crippen LogP contribution is 2.32. The lowest BCUT2D eigenvalue weighted by Gasteiger charge is -2.17. The summed E-state index contributed by atoms with van der Waals surface area (Å²) in [6.07, 6.45) is 0. The molecule has 18 heavy (non-hydrogen) atoms. The van der Waals surface area contributed by atoms with Gasteiger partial charge < -0.3 is 9.84 Å². The Morgan fingerprint density at radius 3 is 2.39 bits per heavy atom. The van der Waals surface area contributed by atoms with Gasteiger partial charge in [0.15, 0.2) is 0 Å². The summed E-state index contributed by atoms with van der Waals surface area (Å²) in [7, 11) is 0. The number of alkyl halides is 2. The molecule has 1 rings (SSSR count). The summed E-state index contributed by atoms with van der Waals surface area (Å²) in [5, 5.41) is 9.14. The Kier molecular flexibility index (Phi) is 5.07. The second-order valence-electron chi connectivity index (χ2n) is 4.13. The molecule has 6 heteroatoms. The number of hydrogen-bond acceptors (Lipinski definition) is 2. The lowest BCUT2D eigenvalue weighted by molar-refractivity contribution is -0.139. The van der Waals surface area contributed by atoms with Crippen LogP contribution in [0, 0.1) is 5.92 Å². The molecular formula is C12H13BrF2O3. The Morgan fingerprint density at radius 1 is 1.39 bits per heavy atom. The van der Waals surface area contributed by atoms with E-state index in [0.717, 1.165) is 0 Å². The minimum absolute atomic E-state index is 0.0124. The van der Waals surface area contributed by atoms with E-state index in [1.54, 1.807) is 13.8 Å². The number of carboxylic acids is 1. The number of halogens is 3. The molecule has 0 spiro atoms. The van der Waals surface area contributed by atoms with E-state index in [-0.39, 0.29) is 11.7 Å². The number of benzene rings is 1. The van der Waals surface area contributed by atoms with E-state index < -0.39 is 18.5 Å².